The lowest BCUT2D eigenvalue weighted by atomic mass is 10.0. The van der Waals surface area contributed by atoms with E-state index in [0.29, 0.717) is 20.9 Å². The van der Waals surface area contributed by atoms with Gasteiger partial charge in [0.05, 0.1) is 0 Å². The van der Waals surface area contributed by atoms with E-state index < -0.39 is 0 Å². The molecule has 0 N–H and O–H groups in total. The van der Waals surface area contributed by atoms with Gasteiger partial charge in [0.25, 0.3) is 0 Å². The Labute approximate surface area is 358 Å². The molecule has 0 saturated carbocycles. The van der Waals surface area contributed by atoms with Crippen LogP contribution >= 0.6 is 0 Å². The van der Waals surface area contributed by atoms with Crippen LogP contribution in [0.2, 0.25) is 0 Å². The van der Waals surface area contributed by atoms with Crippen LogP contribution in [0.1, 0.15) is 135 Å². The molecular weight excluding hydrogens is 739 g/mol. The summed E-state index contributed by atoms with van der Waals surface area (Å²) < 4.78 is 2.30. The van der Waals surface area contributed by atoms with Gasteiger partial charge in [-0.05, 0) is 6.42 Å². The van der Waals surface area contributed by atoms with Gasteiger partial charge in [0.15, 0.2) is 12.4 Å². The number of aryl methyl sites for hydroxylation is 1. The summed E-state index contributed by atoms with van der Waals surface area (Å²) in [6.45, 7) is 3.48. The summed E-state index contributed by atoms with van der Waals surface area (Å²) in [4.78, 5) is 0. The third-order valence-electron chi connectivity index (χ3n) is 9.87. The van der Waals surface area contributed by atoms with Crippen LogP contribution in [-0.2, 0) is 6.54 Å². The highest BCUT2D eigenvalue weighted by Crippen LogP contribution is 2.15. The summed E-state index contributed by atoms with van der Waals surface area (Å²) in [6, 6.07) is 32.7. The Morgan fingerprint density at radius 2 is 0.550 bits per heavy atom. The Morgan fingerprint density at radius 1 is 0.333 bits per heavy atom. The van der Waals surface area contributed by atoms with Gasteiger partial charge in [0.2, 0.25) is 0 Å². The minimum Gasteiger partial charge on any atom is -0.205 e. The van der Waals surface area contributed by atoms with E-state index >= 15 is 0 Å². The van der Waals surface area contributed by atoms with Crippen LogP contribution in [0, 0.1) is 90.6 Å². The summed E-state index contributed by atoms with van der Waals surface area (Å²) in [5, 5.41) is 71.0. The zero-order valence-corrected chi connectivity index (χ0v) is 35.4. The monoisotopic (exact) mass is 796 g/mol. The van der Waals surface area contributed by atoms with E-state index in [0.717, 1.165) is 0 Å². The second-order valence-electron chi connectivity index (χ2n) is 14.4. The normalized spacial score (nSPS) is 9.35. The van der Waals surface area contributed by atoms with Crippen LogP contribution in [0.4, 0.5) is 0 Å². The molecule has 0 bridgehead atoms. The summed E-state index contributed by atoms with van der Waals surface area (Å²) in [7, 11) is 0. The predicted octanol–water partition coefficient (Wildman–Crippen LogP) is 8.96. The fraction of sp³-hybridized carbons (Fsp3) is 0.431. The first-order valence-corrected chi connectivity index (χ1v) is 21.3. The number of nitriles is 8. The van der Waals surface area contributed by atoms with Crippen molar-refractivity contribution in [3.63, 3.8) is 0 Å². The summed E-state index contributed by atoms with van der Waals surface area (Å²) in [5.74, 6) is 0. The Hall–Kier alpha value is -7.01. The minimum absolute atomic E-state index is 0.00187. The lowest BCUT2D eigenvalue weighted by molar-refractivity contribution is -0.697. The third kappa shape index (κ3) is 22.7. The van der Waals surface area contributed by atoms with Crippen molar-refractivity contribution in [2.45, 2.75) is 142 Å². The highest BCUT2D eigenvalue weighted by Gasteiger charge is 2.00. The smallest absolute Gasteiger partial charge is 0.168 e. The molecule has 3 rings (SSSR count). The second kappa shape index (κ2) is 35.2. The van der Waals surface area contributed by atoms with Crippen molar-refractivity contribution >= 4 is 22.3 Å². The number of hydrogen-bond acceptors (Lipinski definition) is 8. The van der Waals surface area contributed by atoms with Gasteiger partial charge in [-0.3, -0.25) is 0 Å². The van der Waals surface area contributed by atoms with Gasteiger partial charge in [-0.2, -0.15) is 42.1 Å². The molecule has 0 aliphatic heterocycles. The minimum atomic E-state index is 0.00187. The number of benzene rings is 2. The average Bonchev–Trinajstić information content (AvgIpc) is 3.29. The van der Waals surface area contributed by atoms with E-state index in [9.17, 15) is 0 Å². The fourth-order valence-corrected chi connectivity index (χ4v) is 6.36. The van der Waals surface area contributed by atoms with Crippen molar-refractivity contribution in [2.24, 2.45) is 0 Å². The summed E-state index contributed by atoms with van der Waals surface area (Å²) >= 11 is 0. The van der Waals surface area contributed by atoms with Crippen molar-refractivity contribution in [3.8, 4) is 48.6 Å². The van der Waals surface area contributed by atoms with E-state index in [1.807, 2.05) is 0 Å². The molecule has 60 heavy (non-hydrogen) atoms. The first-order chi connectivity index (χ1) is 29.5. The first-order valence-electron chi connectivity index (χ1n) is 21.3. The van der Waals surface area contributed by atoms with Crippen molar-refractivity contribution in [2.75, 3.05) is 0 Å². The molecule has 9 heteroatoms. The van der Waals surface area contributed by atoms with Gasteiger partial charge in [-0.1, -0.05) is 177 Å². The number of nitrogens with zero attached hydrogens (tertiary/aromatic N) is 9. The van der Waals surface area contributed by atoms with Crippen LogP contribution in [0.5, 0.6) is 0 Å². The van der Waals surface area contributed by atoms with Crippen LogP contribution < -0.4 is 25.4 Å². The van der Waals surface area contributed by atoms with Gasteiger partial charge in [0, 0.05) is 39.4 Å². The van der Waals surface area contributed by atoms with Crippen molar-refractivity contribution in [1.82, 2.24) is 0 Å². The molecule has 0 aliphatic carbocycles. The van der Waals surface area contributed by atoms with E-state index in [1.54, 1.807) is 48.6 Å². The van der Waals surface area contributed by atoms with Gasteiger partial charge < -0.3 is 0 Å². The third-order valence-corrected chi connectivity index (χ3v) is 9.87. The molecule has 0 fully saturated rings. The van der Waals surface area contributed by atoms with Gasteiger partial charge in [0.1, 0.15) is 77.4 Å². The van der Waals surface area contributed by atoms with E-state index in [-0.39, 0.29) is 22.3 Å². The van der Waals surface area contributed by atoms with Crippen molar-refractivity contribution in [1.29, 1.82) is 42.1 Å². The first kappa shape index (κ1) is 51.0. The SMILES string of the molecule is CCCCCCCCCCCCCCCCCCCCCC[n+]1ccccc1.N#CC(C#N)=c1ccc(=C(C#N)C#N)cc1.N#CC(C#N)=c1ccc(=C(C#N)C#N)cc1. The number of rotatable bonds is 21. The van der Waals surface area contributed by atoms with E-state index in [4.69, 9.17) is 42.1 Å². The van der Waals surface area contributed by atoms with Crippen LogP contribution in [0.3, 0.4) is 0 Å². The molecule has 0 amide bonds. The molecule has 3 aromatic rings. The molecule has 1 aromatic heterocycles. The zero-order chi connectivity index (χ0) is 43.9. The number of unbranched alkanes of at least 4 members (excludes halogenated alkanes) is 19. The zero-order valence-electron chi connectivity index (χ0n) is 35.4. The molecule has 9 nitrogen and oxygen atoms in total. The maximum Gasteiger partial charge on any atom is 0.168 e. The average molecular weight is 797 g/mol. The van der Waals surface area contributed by atoms with E-state index in [2.05, 4.69) is 42.1 Å². The van der Waals surface area contributed by atoms with Crippen LogP contribution in [0.15, 0.2) is 79.1 Å². The topological polar surface area (TPSA) is 194 Å². The Morgan fingerprint density at radius 3 is 0.767 bits per heavy atom. The largest absolute Gasteiger partial charge is 0.205 e. The van der Waals surface area contributed by atoms with Gasteiger partial charge >= 0.3 is 0 Å². The summed E-state index contributed by atoms with van der Waals surface area (Å²) in [6.07, 6.45) is 33.4. The molecule has 0 saturated heterocycles. The number of aromatic nitrogens is 1. The number of hydrogen-bond donors (Lipinski definition) is 0. The molecule has 0 unspecified atom stereocenters. The van der Waals surface area contributed by atoms with Gasteiger partial charge in [-0.15, -0.1) is 0 Å². The molecule has 306 valence electrons. The fourth-order valence-electron chi connectivity index (χ4n) is 6.36. The summed E-state index contributed by atoms with van der Waals surface area (Å²) in [5.41, 5.74) is 0.00746. The quantitative estimate of drug-likeness (QED) is 0.0752. The molecule has 1 heterocycles. The second-order valence-corrected chi connectivity index (χ2v) is 14.4. The molecule has 0 radical (unpaired) electrons. The molecule has 0 atom stereocenters. The maximum atomic E-state index is 8.63. The van der Waals surface area contributed by atoms with Gasteiger partial charge in [-0.25, -0.2) is 4.57 Å². The number of pyridine rings is 1. The maximum absolute atomic E-state index is 8.63. The molecule has 0 spiro atoms. The molecular formula is C51H58N9+. The predicted molar refractivity (Wildman–Crippen MR) is 235 cm³/mol. The highest BCUT2D eigenvalue weighted by molar-refractivity contribution is 5.75. The standard InChI is InChI=1S/C27H50N.2C12H4N4/c1-2-3-4-5-6-7-8-9-10-11-12-13-14-15-16-17-18-19-20-22-25-28-26-23-21-24-27-28;2*13-5-11(6-14)9-1-2-10(4-3-9)12(7-15)8-16/h21,23-24,26-27H,2-20,22,25H2,1H3;2*1-4H/q+1;;. The lowest BCUT2D eigenvalue weighted by Gasteiger charge is -2.04. The highest BCUT2D eigenvalue weighted by atomic mass is 14.9. The Bertz CT molecular complexity index is 1960. The molecule has 0 aliphatic rings. The molecule has 2 aromatic carbocycles. The van der Waals surface area contributed by atoms with Crippen molar-refractivity contribution < 1.29 is 4.57 Å². The lowest BCUT2D eigenvalue weighted by Crippen LogP contribution is -2.32. The van der Waals surface area contributed by atoms with E-state index in [1.165, 1.54) is 183 Å². The van der Waals surface area contributed by atoms with Crippen LogP contribution in [-0.4, -0.2) is 0 Å². The Balaban J connectivity index is 0.000000481. The Kier molecular flexibility index (Phi) is 29.9. The van der Waals surface area contributed by atoms with Crippen molar-refractivity contribution in [3.05, 3.63) is 100.0 Å². The van der Waals surface area contributed by atoms with Crippen LogP contribution in [0.25, 0.3) is 22.3 Å².